The molecule has 0 aromatic rings. The number of primary amides is 1. The molecule has 0 spiro atoms. The van der Waals surface area contributed by atoms with Gasteiger partial charge in [-0.2, -0.15) is 0 Å². The summed E-state index contributed by atoms with van der Waals surface area (Å²) in [4.78, 5) is 11.2. The van der Waals surface area contributed by atoms with Crippen molar-refractivity contribution in [2.24, 2.45) is 5.73 Å². The van der Waals surface area contributed by atoms with Crippen LogP contribution in [-0.2, 0) is 0 Å². The summed E-state index contributed by atoms with van der Waals surface area (Å²) in [6.07, 6.45) is 2.00. The standard InChI is InChI=1S/C9H20N4O/c1-2-6-13(9(10)14)12-7-3-4-11-5-8-12/h11H,2-8H2,1H3,(H2,10,14). The zero-order valence-electron chi connectivity index (χ0n) is 8.83. The van der Waals surface area contributed by atoms with E-state index in [-0.39, 0.29) is 6.03 Å². The molecular weight excluding hydrogens is 180 g/mol. The van der Waals surface area contributed by atoms with E-state index in [9.17, 15) is 4.79 Å². The van der Waals surface area contributed by atoms with E-state index in [1.807, 2.05) is 11.9 Å². The highest BCUT2D eigenvalue weighted by atomic mass is 16.2. The maximum Gasteiger partial charge on any atom is 0.329 e. The van der Waals surface area contributed by atoms with Crippen LogP contribution in [0.4, 0.5) is 4.79 Å². The maximum absolute atomic E-state index is 11.2. The molecule has 2 amide bonds. The van der Waals surface area contributed by atoms with Crippen molar-refractivity contribution in [1.82, 2.24) is 15.3 Å². The van der Waals surface area contributed by atoms with E-state index in [0.717, 1.165) is 45.6 Å². The molecule has 14 heavy (non-hydrogen) atoms. The van der Waals surface area contributed by atoms with Gasteiger partial charge in [0.15, 0.2) is 0 Å². The number of rotatable bonds is 3. The average Bonchev–Trinajstić information content (AvgIpc) is 2.41. The normalized spacial score (nSPS) is 18.9. The lowest BCUT2D eigenvalue weighted by Crippen LogP contribution is -2.50. The van der Waals surface area contributed by atoms with E-state index in [1.165, 1.54) is 0 Å². The van der Waals surface area contributed by atoms with Gasteiger partial charge in [0.2, 0.25) is 0 Å². The lowest BCUT2D eigenvalue weighted by Gasteiger charge is -2.32. The molecule has 5 heteroatoms. The lowest BCUT2D eigenvalue weighted by molar-refractivity contribution is 0.0235. The number of hydrazine groups is 1. The number of hydrogen-bond donors (Lipinski definition) is 2. The monoisotopic (exact) mass is 200 g/mol. The Kier molecular flexibility index (Phi) is 4.69. The average molecular weight is 200 g/mol. The number of carbonyl (C=O) groups excluding carboxylic acids is 1. The smallest absolute Gasteiger partial charge is 0.329 e. The van der Waals surface area contributed by atoms with Crippen LogP contribution in [0.5, 0.6) is 0 Å². The van der Waals surface area contributed by atoms with Crippen molar-refractivity contribution in [3.05, 3.63) is 0 Å². The molecule has 0 aliphatic carbocycles. The number of amides is 2. The number of nitrogens with zero attached hydrogens (tertiary/aromatic N) is 2. The molecular formula is C9H20N4O. The summed E-state index contributed by atoms with van der Waals surface area (Å²) in [7, 11) is 0. The molecule has 1 aliphatic heterocycles. The van der Waals surface area contributed by atoms with Crippen molar-refractivity contribution >= 4 is 6.03 Å². The van der Waals surface area contributed by atoms with E-state index in [4.69, 9.17) is 5.73 Å². The van der Waals surface area contributed by atoms with Gasteiger partial charge in [-0.3, -0.25) is 5.01 Å². The quantitative estimate of drug-likeness (QED) is 0.673. The van der Waals surface area contributed by atoms with Crippen LogP contribution in [0.1, 0.15) is 19.8 Å². The second-order valence-electron chi connectivity index (χ2n) is 3.52. The van der Waals surface area contributed by atoms with E-state index < -0.39 is 0 Å². The third-order valence-electron chi connectivity index (χ3n) is 2.35. The Hall–Kier alpha value is -0.810. The minimum absolute atomic E-state index is 0.339. The summed E-state index contributed by atoms with van der Waals surface area (Å²) in [6.45, 7) is 6.49. The molecule has 0 aromatic carbocycles. The van der Waals surface area contributed by atoms with E-state index >= 15 is 0 Å². The summed E-state index contributed by atoms with van der Waals surface area (Å²) in [5.74, 6) is 0. The van der Waals surface area contributed by atoms with Gasteiger partial charge in [0.1, 0.15) is 0 Å². The number of nitrogens with one attached hydrogen (secondary N) is 1. The van der Waals surface area contributed by atoms with Gasteiger partial charge in [-0.25, -0.2) is 9.80 Å². The fraction of sp³-hybridized carbons (Fsp3) is 0.889. The minimum Gasteiger partial charge on any atom is -0.350 e. The van der Waals surface area contributed by atoms with Gasteiger partial charge in [-0.15, -0.1) is 0 Å². The van der Waals surface area contributed by atoms with E-state index in [1.54, 1.807) is 5.01 Å². The van der Waals surface area contributed by atoms with Crippen molar-refractivity contribution < 1.29 is 4.79 Å². The van der Waals surface area contributed by atoms with E-state index in [2.05, 4.69) is 5.32 Å². The topological polar surface area (TPSA) is 61.6 Å². The first-order chi connectivity index (χ1) is 6.75. The molecule has 0 radical (unpaired) electrons. The minimum atomic E-state index is -0.339. The Morgan fingerprint density at radius 2 is 2.29 bits per heavy atom. The van der Waals surface area contributed by atoms with Gasteiger partial charge in [-0.05, 0) is 19.4 Å². The fourth-order valence-corrected chi connectivity index (χ4v) is 1.68. The maximum atomic E-state index is 11.2. The first kappa shape index (κ1) is 11.3. The number of carbonyl (C=O) groups is 1. The molecule has 0 aromatic heterocycles. The van der Waals surface area contributed by atoms with Crippen molar-refractivity contribution in [3.8, 4) is 0 Å². The summed E-state index contributed by atoms with van der Waals surface area (Å²) >= 11 is 0. The van der Waals surface area contributed by atoms with Crippen LogP contribution in [0.25, 0.3) is 0 Å². The van der Waals surface area contributed by atoms with Crippen molar-refractivity contribution in [2.75, 3.05) is 32.7 Å². The fourth-order valence-electron chi connectivity index (χ4n) is 1.68. The van der Waals surface area contributed by atoms with Crippen LogP contribution in [-0.4, -0.2) is 48.8 Å². The van der Waals surface area contributed by atoms with Crippen LogP contribution in [0.3, 0.4) is 0 Å². The molecule has 1 aliphatic rings. The van der Waals surface area contributed by atoms with E-state index in [0.29, 0.717) is 0 Å². The number of hydrogen-bond acceptors (Lipinski definition) is 3. The highest BCUT2D eigenvalue weighted by Gasteiger charge is 2.18. The molecule has 1 fully saturated rings. The molecule has 1 saturated heterocycles. The van der Waals surface area contributed by atoms with Crippen molar-refractivity contribution in [1.29, 1.82) is 0 Å². The molecule has 3 N–H and O–H groups in total. The summed E-state index contributed by atoms with van der Waals surface area (Å²) < 4.78 is 0. The Balaban J connectivity index is 2.51. The third-order valence-corrected chi connectivity index (χ3v) is 2.35. The second-order valence-corrected chi connectivity index (χ2v) is 3.52. The molecule has 82 valence electrons. The molecule has 0 atom stereocenters. The Labute approximate surface area is 85.2 Å². The predicted octanol–water partition coefficient (Wildman–Crippen LogP) is -0.0126. The van der Waals surface area contributed by atoms with Gasteiger partial charge in [-0.1, -0.05) is 6.92 Å². The van der Waals surface area contributed by atoms with Crippen molar-refractivity contribution in [2.45, 2.75) is 19.8 Å². The predicted molar refractivity (Wildman–Crippen MR) is 55.6 cm³/mol. The number of urea groups is 1. The van der Waals surface area contributed by atoms with Crippen molar-refractivity contribution in [3.63, 3.8) is 0 Å². The first-order valence-electron chi connectivity index (χ1n) is 5.28. The SMILES string of the molecule is CCCN(C(N)=O)N1CCCNCC1. The molecule has 0 unspecified atom stereocenters. The highest BCUT2D eigenvalue weighted by Crippen LogP contribution is 2.02. The van der Waals surface area contributed by atoms with Gasteiger partial charge in [0.05, 0.1) is 0 Å². The molecule has 5 nitrogen and oxygen atoms in total. The lowest BCUT2D eigenvalue weighted by atomic mass is 10.4. The summed E-state index contributed by atoms with van der Waals surface area (Å²) in [5, 5.41) is 7.00. The summed E-state index contributed by atoms with van der Waals surface area (Å²) in [6, 6.07) is -0.339. The van der Waals surface area contributed by atoms with Crippen LogP contribution >= 0.6 is 0 Å². The Morgan fingerprint density at radius 1 is 1.50 bits per heavy atom. The Bertz CT molecular complexity index is 178. The zero-order chi connectivity index (χ0) is 10.4. The van der Waals surface area contributed by atoms with Crippen LogP contribution in [0, 0.1) is 0 Å². The molecule has 0 bridgehead atoms. The summed E-state index contributed by atoms with van der Waals surface area (Å²) in [5.41, 5.74) is 5.33. The zero-order valence-corrected chi connectivity index (χ0v) is 8.83. The molecule has 1 rings (SSSR count). The molecule has 0 saturated carbocycles. The largest absolute Gasteiger partial charge is 0.350 e. The second kappa shape index (κ2) is 5.82. The van der Waals surface area contributed by atoms with Crippen LogP contribution in [0.15, 0.2) is 0 Å². The van der Waals surface area contributed by atoms with Gasteiger partial charge in [0.25, 0.3) is 0 Å². The van der Waals surface area contributed by atoms with Crippen LogP contribution < -0.4 is 11.1 Å². The molecule has 1 heterocycles. The van der Waals surface area contributed by atoms with Gasteiger partial charge in [0, 0.05) is 26.2 Å². The number of nitrogens with two attached hydrogens (primary N) is 1. The van der Waals surface area contributed by atoms with Gasteiger partial charge >= 0.3 is 6.03 Å². The Morgan fingerprint density at radius 3 is 2.93 bits per heavy atom. The van der Waals surface area contributed by atoms with Gasteiger partial charge < -0.3 is 11.1 Å². The highest BCUT2D eigenvalue weighted by molar-refractivity contribution is 5.71. The third kappa shape index (κ3) is 3.16. The first-order valence-corrected chi connectivity index (χ1v) is 5.28. The van der Waals surface area contributed by atoms with Crippen LogP contribution in [0.2, 0.25) is 0 Å².